The van der Waals surface area contributed by atoms with Gasteiger partial charge in [0.2, 0.25) is 0 Å². The van der Waals surface area contributed by atoms with Gasteiger partial charge in [0, 0.05) is 10.8 Å². The van der Waals surface area contributed by atoms with Gasteiger partial charge in [-0.15, -0.1) is 0 Å². The van der Waals surface area contributed by atoms with E-state index in [-0.39, 0.29) is 17.4 Å². The fourth-order valence-electron chi connectivity index (χ4n) is 1.42. The van der Waals surface area contributed by atoms with E-state index in [1.165, 1.54) is 19.3 Å². The Morgan fingerprint density at radius 3 is 2.40 bits per heavy atom. The number of rotatable bonds is 3. The third kappa shape index (κ3) is 1.18. The largest absolute Gasteiger partial charge is 0.395 e. The Morgan fingerprint density at radius 1 is 1.70 bits per heavy atom. The van der Waals surface area contributed by atoms with Gasteiger partial charge < -0.3 is 10.8 Å². The molecule has 0 amide bonds. The molecule has 1 aliphatic rings. The van der Waals surface area contributed by atoms with Crippen molar-refractivity contribution in [1.29, 1.82) is 0 Å². The summed E-state index contributed by atoms with van der Waals surface area (Å²) in [6.45, 7) is 0.126. The van der Waals surface area contributed by atoms with Gasteiger partial charge in [-0.25, -0.2) is 0 Å². The first kappa shape index (κ1) is 8.37. The average Bonchev–Trinajstić information content (AvgIpc) is 1.86. The molecule has 0 spiro atoms. The summed E-state index contributed by atoms with van der Waals surface area (Å²) >= 11 is 1.81. The molecule has 1 saturated carbocycles. The van der Waals surface area contributed by atoms with Crippen molar-refractivity contribution in [3.63, 3.8) is 0 Å². The van der Waals surface area contributed by atoms with Crippen molar-refractivity contribution in [3.8, 4) is 0 Å². The molecule has 2 nitrogen and oxygen atoms in total. The van der Waals surface area contributed by atoms with Crippen molar-refractivity contribution in [2.75, 3.05) is 12.9 Å². The second kappa shape index (κ2) is 3.11. The van der Waals surface area contributed by atoms with Crippen LogP contribution in [0.5, 0.6) is 0 Å². The van der Waals surface area contributed by atoms with Crippen LogP contribution in [0.2, 0.25) is 0 Å². The van der Waals surface area contributed by atoms with Crippen LogP contribution in [-0.2, 0) is 0 Å². The quantitative estimate of drug-likeness (QED) is 0.637. The van der Waals surface area contributed by atoms with Gasteiger partial charge in [-0.05, 0) is 19.1 Å². The van der Waals surface area contributed by atoms with Gasteiger partial charge in [0.15, 0.2) is 0 Å². The molecular weight excluding hydrogens is 146 g/mol. The summed E-state index contributed by atoms with van der Waals surface area (Å²) in [5, 5.41) is 8.83. The van der Waals surface area contributed by atoms with E-state index in [1.54, 1.807) is 11.8 Å². The van der Waals surface area contributed by atoms with Crippen LogP contribution in [0, 0.1) is 0 Å². The molecule has 1 unspecified atom stereocenters. The molecule has 3 heteroatoms. The third-order valence-corrected chi connectivity index (χ3v) is 4.00. The minimum absolute atomic E-state index is 0.0174. The molecule has 0 radical (unpaired) electrons. The van der Waals surface area contributed by atoms with E-state index in [2.05, 4.69) is 6.26 Å². The summed E-state index contributed by atoms with van der Waals surface area (Å²) in [4.78, 5) is 0. The zero-order chi connectivity index (χ0) is 7.61. The van der Waals surface area contributed by atoms with Crippen LogP contribution in [0.1, 0.15) is 19.3 Å². The van der Waals surface area contributed by atoms with Crippen LogP contribution in [0.4, 0.5) is 0 Å². The predicted octanol–water partition coefficient (Wildman–Crippen LogP) is 0.592. The Bertz CT molecular complexity index is 109. The second-order valence-electron chi connectivity index (χ2n) is 2.91. The van der Waals surface area contributed by atoms with E-state index in [4.69, 9.17) is 10.8 Å². The predicted molar refractivity (Wildman–Crippen MR) is 45.2 cm³/mol. The number of aliphatic hydroxyl groups excluding tert-OH is 1. The zero-order valence-electron chi connectivity index (χ0n) is 6.34. The maximum atomic E-state index is 8.83. The molecule has 0 aliphatic heterocycles. The van der Waals surface area contributed by atoms with Gasteiger partial charge in [0.25, 0.3) is 0 Å². The highest BCUT2D eigenvalue weighted by Crippen LogP contribution is 2.44. The molecule has 0 aromatic rings. The van der Waals surface area contributed by atoms with Gasteiger partial charge in [-0.2, -0.15) is 11.8 Å². The van der Waals surface area contributed by atoms with E-state index in [1.807, 2.05) is 0 Å². The monoisotopic (exact) mass is 161 g/mol. The molecule has 1 rings (SSSR count). The topological polar surface area (TPSA) is 46.2 Å². The number of nitrogens with two attached hydrogens (primary N) is 1. The molecule has 0 bridgehead atoms. The number of aliphatic hydroxyl groups is 1. The average molecular weight is 161 g/mol. The Morgan fingerprint density at radius 2 is 2.30 bits per heavy atom. The highest BCUT2D eigenvalue weighted by atomic mass is 32.2. The summed E-state index contributed by atoms with van der Waals surface area (Å²) in [5.41, 5.74) is 5.75. The van der Waals surface area contributed by atoms with Gasteiger partial charge in [-0.3, -0.25) is 0 Å². The first-order chi connectivity index (χ1) is 4.75. The van der Waals surface area contributed by atoms with Crippen molar-refractivity contribution in [1.82, 2.24) is 0 Å². The van der Waals surface area contributed by atoms with Crippen LogP contribution >= 0.6 is 11.8 Å². The lowest BCUT2D eigenvalue weighted by molar-refractivity contribution is 0.199. The van der Waals surface area contributed by atoms with E-state index >= 15 is 0 Å². The van der Waals surface area contributed by atoms with E-state index in [0.29, 0.717) is 0 Å². The molecule has 1 atom stereocenters. The molecule has 3 N–H and O–H groups in total. The summed E-state index contributed by atoms with van der Waals surface area (Å²) in [7, 11) is 0. The fraction of sp³-hybridized carbons (Fsp3) is 1.00. The lowest BCUT2D eigenvalue weighted by Gasteiger charge is -2.44. The highest BCUT2D eigenvalue weighted by molar-refractivity contribution is 8.00. The summed E-state index contributed by atoms with van der Waals surface area (Å²) in [5.74, 6) is 0. The van der Waals surface area contributed by atoms with Crippen molar-refractivity contribution in [2.24, 2.45) is 5.73 Å². The smallest absolute Gasteiger partial charge is 0.0596 e. The van der Waals surface area contributed by atoms with Gasteiger partial charge in [0.05, 0.1) is 6.61 Å². The maximum absolute atomic E-state index is 8.83. The normalized spacial score (nSPS) is 25.5. The Kier molecular flexibility index (Phi) is 2.61. The Labute approximate surface area is 66.2 Å². The first-order valence-electron chi connectivity index (χ1n) is 3.67. The molecular formula is C7H15NOS. The van der Waals surface area contributed by atoms with Crippen LogP contribution in [-0.4, -0.2) is 28.8 Å². The van der Waals surface area contributed by atoms with Crippen molar-refractivity contribution in [3.05, 3.63) is 0 Å². The Balaban J connectivity index is 2.46. The molecule has 1 aliphatic carbocycles. The van der Waals surface area contributed by atoms with Gasteiger partial charge in [0.1, 0.15) is 0 Å². The molecule has 0 saturated heterocycles. The summed E-state index contributed by atoms with van der Waals surface area (Å²) in [6, 6.07) is -0.0174. The van der Waals surface area contributed by atoms with Crippen LogP contribution in [0.25, 0.3) is 0 Å². The van der Waals surface area contributed by atoms with Crippen LogP contribution in [0.3, 0.4) is 0 Å². The van der Waals surface area contributed by atoms with Gasteiger partial charge in [-0.1, -0.05) is 6.42 Å². The van der Waals surface area contributed by atoms with Crippen molar-refractivity contribution >= 4 is 11.8 Å². The van der Waals surface area contributed by atoms with E-state index in [9.17, 15) is 0 Å². The summed E-state index contributed by atoms with van der Waals surface area (Å²) < 4.78 is 0.217. The molecule has 10 heavy (non-hydrogen) atoms. The molecule has 0 aromatic heterocycles. The van der Waals surface area contributed by atoms with Gasteiger partial charge >= 0.3 is 0 Å². The Hall–Kier alpha value is 0.270. The van der Waals surface area contributed by atoms with E-state index < -0.39 is 0 Å². The second-order valence-corrected chi connectivity index (χ2v) is 4.13. The van der Waals surface area contributed by atoms with Crippen LogP contribution in [0.15, 0.2) is 0 Å². The molecule has 1 fully saturated rings. The minimum Gasteiger partial charge on any atom is -0.395 e. The van der Waals surface area contributed by atoms with E-state index in [0.717, 1.165) is 0 Å². The molecule has 60 valence electrons. The van der Waals surface area contributed by atoms with Crippen molar-refractivity contribution in [2.45, 2.75) is 30.1 Å². The van der Waals surface area contributed by atoms with Crippen LogP contribution < -0.4 is 5.73 Å². The zero-order valence-corrected chi connectivity index (χ0v) is 7.16. The highest BCUT2D eigenvalue weighted by Gasteiger charge is 2.41. The first-order valence-corrected chi connectivity index (χ1v) is 4.89. The molecule has 0 aromatic carbocycles. The lowest BCUT2D eigenvalue weighted by atomic mass is 9.79. The number of thioether (sulfide) groups is 1. The number of hydrogen-bond acceptors (Lipinski definition) is 3. The lowest BCUT2D eigenvalue weighted by Crippen LogP contribution is -2.52. The maximum Gasteiger partial charge on any atom is 0.0596 e. The third-order valence-electron chi connectivity index (χ3n) is 2.48. The van der Waals surface area contributed by atoms with Crippen molar-refractivity contribution < 1.29 is 5.11 Å². The molecule has 0 heterocycles. The SMILES string of the molecule is CSC1(C(N)CO)CCC1. The standard InChI is InChI=1S/C7H15NOS/c1-10-7(3-2-4-7)6(8)5-9/h6,9H,2-5,8H2,1H3. The number of hydrogen-bond donors (Lipinski definition) is 2. The minimum atomic E-state index is -0.0174. The summed E-state index contributed by atoms with van der Waals surface area (Å²) in [6.07, 6.45) is 5.70. The fourth-order valence-corrected chi connectivity index (χ4v) is 2.49.